The topological polar surface area (TPSA) is 84.1 Å². The van der Waals surface area contributed by atoms with Gasteiger partial charge in [0.25, 0.3) is 0 Å². The summed E-state index contributed by atoms with van der Waals surface area (Å²) >= 11 is 1.52. The first-order chi connectivity index (χ1) is 11.8. The summed E-state index contributed by atoms with van der Waals surface area (Å²) in [6, 6.07) is 13.5. The van der Waals surface area contributed by atoms with Crippen molar-refractivity contribution >= 4 is 17.2 Å². The van der Waals surface area contributed by atoms with Crippen molar-refractivity contribution in [1.82, 2.24) is 25.1 Å². The number of tetrazole rings is 1. The third-order valence-corrected chi connectivity index (χ3v) is 4.28. The number of carbonyl (C=O) groups excluding carboxylic acids is 1. The van der Waals surface area contributed by atoms with E-state index in [1.165, 1.54) is 16.1 Å². The van der Waals surface area contributed by atoms with Crippen LogP contribution < -0.4 is 0 Å². The molecule has 0 unspecified atom stereocenters. The van der Waals surface area contributed by atoms with E-state index in [2.05, 4.69) is 15.4 Å². The molecular weight excluding hydrogens is 326 g/mol. The highest BCUT2D eigenvalue weighted by atomic mass is 32.1. The van der Waals surface area contributed by atoms with Crippen LogP contribution in [0.5, 0.6) is 0 Å². The van der Waals surface area contributed by atoms with E-state index in [0.29, 0.717) is 12.4 Å². The molecule has 8 heteroatoms. The maximum Gasteiger partial charge on any atom is 0.246 e. The molecule has 24 heavy (non-hydrogen) atoms. The minimum atomic E-state index is -0.164. The Morgan fingerprint density at radius 2 is 2.04 bits per heavy atom. The van der Waals surface area contributed by atoms with Gasteiger partial charge in [0.2, 0.25) is 11.7 Å². The zero-order valence-corrected chi connectivity index (χ0v) is 13.8. The summed E-state index contributed by atoms with van der Waals surface area (Å²) in [4.78, 5) is 16.3. The smallest absolute Gasteiger partial charge is 0.246 e. The fourth-order valence-corrected chi connectivity index (χ4v) is 2.90. The summed E-state index contributed by atoms with van der Waals surface area (Å²) in [5, 5.41) is 23.3. The van der Waals surface area contributed by atoms with Crippen LogP contribution in [0, 0.1) is 0 Å². The van der Waals surface area contributed by atoms with Crippen LogP contribution in [-0.2, 0) is 17.9 Å². The number of thiophene rings is 1. The molecule has 1 N–H and O–H groups in total. The molecule has 3 aromatic rings. The fraction of sp³-hybridized carbons (Fsp3) is 0.250. The number of nitrogens with zero attached hydrogens (tertiary/aromatic N) is 5. The minimum Gasteiger partial charge on any atom is -0.395 e. The number of aliphatic hydroxyl groups excluding tert-OH is 1. The van der Waals surface area contributed by atoms with Crippen LogP contribution in [0.25, 0.3) is 10.7 Å². The lowest BCUT2D eigenvalue weighted by Crippen LogP contribution is -2.36. The standard InChI is InChI=1S/C16H17N5O2S/c22-9-8-20(11-13-5-2-1-3-6-13)15(23)12-21-18-16(17-19-21)14-7-4-10-24-14/h1-7,10,22H,8-9,11-12H2. The zero-order chi connectivity index (χ0) is 16.8. The normalized spacial score (nSPS) is 10.7. The van der Waals surface area contributed by atoms with Gasteiger partial charge in [-0.15, -0.1) is 21.5 Å². The third-order valence-electron chi connectivity index (χ3n) is 3.41. The number of aromatic nitrogens is 4. The molecule has 3 rings (SSSR count). The second kappa shape index (κ2) is 7.80. The highest BCUT2D eigenvalue weighted by Gasteiger charge is 2.16. The second-order valence-electron chi connectivity index (χ2n) is 5.15. The summed E-state index contributed by atoms with van der Waals surface area (Å²) in [5.74, 6) is 0.345. The van der Waals surface area contributed by atoms with Gasteiger partial charge in [-0.05, 0) is 22.2 Å². The molecule has 1 amide bonds. The molecule has 0 aliphatic rings. The van der Waals surface area contributed by atoms with Gasteiger partial charge in [-0.1, -0.05) is 36.4 Å². The molecule has 0 spiro atoms. The van der Waals surface area contributed by atoms with Crippen LogP contribution in [0.2, 0.25) is 0 Å². The molecule has 2 aromatic heterocycles. The second-order valence-corrected chi connectivity index (χ2v) is 6.09. The van der Waals surface area contributed by atoms with Gasteiger partial charge in [0.15, 0.2) is 0 Å². The molecule has 0 saturated carbocycles. The Kier molecular flexibility index (Phi) is 5.29. The Hall–Kier alpha value is -2.58. The number of rotatable bonds is 7. The van der Waals surface area contributed by atoms with Crippen molar-refractivity contribution < 1.29 is 9.90 Å². The van der Waals surface area contributed by atoms with E-state index in [1.807, 2.05) is 47.8 Å². The van der Waals surface area contributed by atoms with Crippen LogP contribution >= 0.6 is 11.3 Å². The fourth-order valence-electron chi connectivity index (χ4n) is 2.25. The number of benzene rings is 1. The molecule has 0 fully saturated rings. The van der Waals surface area contributed by atoms with Gasteiger partial charge in [-0.3, -0.25) is 4.79 Å². The van der Waals surface area contributed by atoms with E-state index in [-0.39, 0.29) is 25.6 Å². The summed E-state index contributed by atoms with van der Waals surface area (Å²) < 4.78 is 0. The zero-order valence-electron chi connectivity index (χ0n) is 12.9. The van der Waals surface area contributed by atoms with E-state index < -0.39 is 0 Å². The number of amides is 1. The number of carbonyl (C=O) groups is 1. The monoisotopic (exact) mass is 343 g/mol. The number of hydrogen-bond acceptors (Lipinski definition) is 6. The molecule has 2 heterocycles. The highest BCUT2D eigenvalue weighted by molar-refractivity contribution is 7.13. The molecule has 0 atom stereocenters. The Morgan fingerprint density at radius 3 is 2.75 bits per heavy atom. The van der Waals surface area contributed by atoms with Gasteiger partial charge in [0.05, 0.1) is 11.5 Å². The summed E-state index contributed by atoms with van der Waals surface area (Å²) in [5.41, 5.74) is 1.00. The SMILES string of the molecule is O=C(Cn1nnc(-c2cccs2)n1)N(CCO)Cc1ccccc1. The predicted molar refractivity (Wildman–Crippen MR) is 90.1 cm³/mol. The average Bonchev–Trinajstić information content (AvgIpc) is 3.26. The lowest BCUT2D eigenvalue weighted by Gasteiger charge is -2.21. The van der Waals surface area contributed by atoms with E-state index in [0.717, 1.165) is 10.4 Å². The first kappa shape index (κ1) is 16.3. The van der Waals surface area contributed by atoms with Gasteiger partial charge in [-0.25, -0.2) is 0 Å². The lowest BCUT2D eigenvalue weighted by atomic mass is 10.2. The lowest BCUT2D eigenvalue weighted by molar-refractivity contribution is -0.133. The summed E-state index contributed by atoms with van der Waals surface area (Å²) in [6.07, 6.45) is 0. The third kappa shape index (κ3) is 4.03. The van der Waals surface area contributed by atoms with Gasteiger partial charge in [0, 0.05) is 13.1 Å². The molecular formula is C16H17N5O2S. The first-order valence-corrected chi connectivity index (χ1v) is 8.38. The maximum absolute atomic E-state index is 12.5. The number of aliphatic hydroxyl groups is 1. The largest absolute Gasteiger partial charge is 0.395 e. The van der Waals surface area contributed by atoms with E-state index in [4.69, 9.17) is 0 Å². The van der Waals surface area contributed by atoms with Crippen LogP contribution in [0.4, 0.5) is 0 Å². The Morgan fingerprint density at radius 1 is 1.21 bits per heavy atom. The van der Waals surface area contributed by atoms with Crippen molar-refractivity contribution in [1.29, 1.82) is 0 Å². The molecule has 0 radical (unpaired) electrons. The molecule has 0 bridgehead atoms. The van der Waals surface area contributed by atoms with Crippen molar-refractivity contribution in [2.24, 2.45) is 0 Å². The molecule has 124 valence electrons. The van der Waals surface area contributed by atoms with E-state index in [1.54, 1.807) is 4.90 Å². The Balaban J connectivity index is 1.67. The molecule has 0 saturated heterocycles. The molecule has 7 nitrogen and oxygen atoms in total. The van der Waals surface area contributed by atoms with Crippen molar-refractivity contribution in [2.45, 2.75) is 13.1 Å². The van der Waals surface area contributed by atoms with Gasteiger partial charge < -0.3 is 10.0 Å². The Labute approximate surface area is 143 Å². The molecule has 0 aliphatic heterocycles. The van der Waals surface area contributed by atoms with E-state index >= 15 is 0 Å². The Bertz CT molecular complexity index is 773. The van der Waals surface area contributed by atoms with Gasteiger partial charge in [0.1, 0.15) is 6.54 Å². The average molecular weight is 343 g/mol. The summed E-state index contributed by atoms with van der Waals surface area (Å²) in [7, 11) is 0. The van der Waals surface area contributed by atoms with Crippen molar-refractivity contribution in [3.63, 3.8) is 0 Å². The summed E-state index contributed by atoms with van der Waals surface area (Å²) in [6.45, 7) is 0.599. The van der Waals surface area contributed by atoms with E-state index in [9.17, 15) is 9.90 Å². The molecule has 1 aromatic carbocycles. The van der Waals surface area contributed by atoms with Crippen LogP contribution in [0.3, 0.4) is 0 Å². The van der Waals surface area contributed by atoms with Crippen LogP contribution in [0.15, 0.2) is 47.8 Å². The predicted octanol–water partition coefficient (Wildman–Crippen LogP) is 1.42. The first-order valence-electron chi connectivity index (χ1n) is 7.50. The van der Waals surface area contributed by atoms with Crippen molar-refractivity contribution in [2.75, 3.05) is 13.2 Å². The highest BCUT2D eigenvalue weighted by Crippen LogP contribution is 2.19. The minimum absolute atomic E-state index is 0.00872. The quantitative estimate of drug-likeness (QED) is 0.701. The van der Waals surface area contributed by atoms with Crippen molar-refractivity contribution in [3.05, 3.63) is 53.4 Å². The molecule has 0 aliphatic carbocycles. The van der Waals surface area contributed by atoms with Gasteiger partial charge in [-0.2, -0.15) is 4.80 Å². The van der Waals surface area contributed by atoms with Crippen LogP contribution in [-0.4, -0.2) is 49.3 Å². The van der Waals surface area contributed by atoms with Gasteiger partial charge >= 0.3 is 0 Å². The maximum atomic E-state index is 12.5. The number of hydrogen-bond donors (Lipinski definition) is 1. The van der Waals surface area contributed by atoms with Crippen LogP contribution in [0.1, 0.15) is 5.56 Å². The van der Waals surface area contributed by atoms with Crippen molar-refractivity contribution in [3.8, 4) is 10.7 Å².